The first kappa shape index (κ1) is 12.1. The molecule has 1 aliphatic heterocycles. The summed E-state index contributed by atoms with van der Waals surface area (Å²) in [5, 5.41) is 4.09. The van der Waals surface area contributed by atoms with Gasteiger partial charge in [-0.05, 0) is 31.9 Å². The number of nitrogens with two attached hydrogens (primary N) is 1. The van der Waals surface area contributed by atoms with E-state index in [0.717, 1.165) is 13.0 Å². The Morgan fingerprint density at radius 2 is 2.41 bits per heavy atom. The van der Waals surface area contributed by atoms with Crippen molar-refractivity contribution in [1.29, 1.82) is 0 Å². The topological polar surface area (TPSA) is 64.2 Å². The molecule has 0 spiro atoms. The lowest BCUT2D eigenvalue weighted by Gasteiger charge is -2.21. The summed E-state index contributed by atoms with van der Waals surface area (Å²) in [5.74, 6) is 0.683. The van der Waals surface area contributed by atoms with Crippen LogP contribution in [-0.2, 0) is 11.3 Å². The summed E-state index contributed by atoms with van der Waals surface area (Å²) in [6, 6.07) is 2.20. The third kappa shape index (κ3) is 2.85. The van der Waals surface area contributed by atoms with E-state index in [1.807, 2.05) is 17.2 Å². The fourth-order valence-electron chi connectivity index (χ4n) is 2.45. The van der Waals surface area contributed by atoms with Crippen LogP contribution in [0.25, 0.3) is 0 Å². The quantitative estimate of drug-likeness (QED) is 0.826. The van der Waals surface area contributed by atoms with Crippen LogP contribution in [0.4, 0.5) is 0 Å². The van der Waals surface area contributed by atoms with E-state index >= 15 is 0 Å². The molecule has 94 valence electrons. The maximum atomic E-state index is 12.1. The molecule has 0 saturated carbocycles. The van der Waals surface area contributed by atoms with Gasteiger partial charge in [-0.2, -0.15) is 5.10 Å². The normalized spacial score (nSPS) is 24.2. The van der Waals surface area contributed by atoms with E-state index in [2.05, 4.69) is 12.0 Å². The smallest absolute Gasteiger partial charge is 0.224 e. The maximum absolute atomic E-state index is 12.1. The molecule has 1 saturated heterocycles. The van der Waals surface area contributed by atoms with E-state index in [1.54, 1.807) is 10.9 Å². The average molecular weight is 236 g/mol. The van der Waals surface area contributed by atoms with Gasteiger partial charge in [-0.25, -0.2) is 0 Å². The summed E-state index contributed by atoms with van der Waals surface area (Å²) in [6.45, 7) is 4.24. The lowest BCUT2D eigenvalue weighted by molar-refractivity contribution is -0.132. The minimum Gasteiger partial charge on any atom is -0.340 e. The highest BCUT2D eigenvalue weighted by Crippen LogP contribution is 2.22. The number of likely N-dealkylation sites (tertiary alicyclic amines) is 1. The van der Waals surface area contributed by atoms with Crippen LogP contribution in [-0.4, -0.2) is 39.7 Å². The molecular formula is C12H20N4O. The highest BCUT2D eigenvalue weighted by molar-refractivity contribution is 5.76. The summed E-state index contributed by atoms with van der Waals surface area (Å²) < 4.78 is 1.79. The van der Waals surface area contributed by atoms with Crippen LogP contribution in [0.15, 0.2) is 18.5 Å². The zero-order valence-corrected chi connectivity index (χ0v) is 10.2. The van der Waals surface area contributed by atoms with Crippen LogP contribution >= 0.6 is 0 Å². The van der Waals surface area contributed by atoms with Crippen molar-refractivity contribution in [3.63, 3.8) is 0 Å². The zero-order valence-electron chi connectivity index (χ0n) is 10.2. The minimum atomic E-state index is 0.212. The van der Waals surface area contributed by atoms with E-state index in [-0.39, 0.29) is 5.91 Å². The SMILES string of the molecule is CC1CC(CN)CN1C(=O)CCn1cccn1. The summed E-state index contributed by atoms with van der Waals surface area (Å²) in [5.41, 5.74) is 5.66. The number of aromatic nitrogens is 2. The lowest BCUT2D eigenvalue weighted by atomic mass is 10.1. The molecule has 1 aromatic rings. The predicted molar refractivity (Wildman–Crippen MR) is 65.2 cm³/mol. The van der Waals surface area contributed by atoms with Gasteiger partial charge in [-0.1, -0.05) is 0 Å². The number of aryl methyl sites for hydroxylation is 1. The van der Waals surface area contributed by atoms with E-state index in [0.29, 0.717) is 31.5 Å². The van der Waals surface area contributed by atoms with Gasteiger partial charge in [0.25, 0.3) is 0 Å². The Hall–Kier alpha value is -1.36. The largest absolute Gasteiger partial charge is 0.340 e. The number of hydrogen-bond donors (Lipinski definition) is 1. The maximum Gasteiger partial charge on any atom is 0.224 e. The van der Waals surface area contributed by atoms with Gasteiger partial charge in [0.05, 0.1) is 0 Å². The van der Waals surface area contributed by atoms with Crippen molar-refractivity contribution in [3.05, 3.63) is 18.5 Å². The molecule has 0 aromatic carbocycles. The first-order valence-corrected chi connectivity index (χ1v) is 6.17. The second-order valence-corrected chi connectivity index (χ2v) is 4.75. The molecule has 17 heavy (non-hydrogen) atoms. The first-order valence-electron chi connectivity index (χ1n) is 6.17. The van der Waals surface area contributed by atoms with Crippen molar-refractivity contribution in [3.8, 4) is 0 Å². The minimum absolute atomic E-state index is 0.212. The van der Waals surface area contributed by atoms with Crippen molar-refractivity contribution in [2.75, 3.05) is 13.1 Å². The van der Waals surface area contributed by atoms with Gasteiger partial charge in [-0.15, -0.1) is 0 Å². The number of amides is 1. The molecule has 1 aromatic heterocycles. The monoisotopic (exact) mass is 236 g/mol. The lowest BCUT2D eigenvalue weighted by Crippen LogP contribution is -2.34. The van der Waals surface area contributed by atoms with Crippen molar-refractivity contribution < 1.29 is 4.79 Å². The van der Waals surface area contributed by atoms with Gasteiger partial charge >= 0.3 is 0 Å². The van der Waals surface area contributed by atoms with Crippen LogP contribution in [0.5, 0.6) is 0 Å². The second-order valence-electron chi connectivity index (χ2n) is 4.75. The highest BCUT2D eigenvalue weighted by atomic mass is 16.2. The molecule has 0 aliphatic carbocycles. The molecule has 2 N–H and O–H groups in total. The van der Waals surface area contributed by atoms with Crippen LogP contribution in [0, 0.1) is 5.92 Å². The molecular weight excluding hydrogens is 216 g/mol. The Morgan fingerprint density at radius 1 is 1.59 bits per heavy atom. The number of carbonyl (C=O) groups excluding carboxylic acids is 1. The summed E-state index contributed by atoms with van der Waals surface area (Å²) in [4.78, 5) is 14.0. The standard InChI is InChI=1S/C12H20N4O/c1-10-7-11(8-13)9-16(10)12(17)3-6-15-5-2-4-14-15/h2,4-5,10-11H,3,6-9,13H2,1H3. The molecule has 5 heteroatoms. The first-order chi connectivity index (χ1) is 8.20. The third-order valence-electron chi connectivity index (χ3n) is 3.43. The van der Waals surface area contributed by atoms with Gasteiger partial charge in [0.15, 0.2) is 0 Å². The molecule has 2 rings (SSSR count). The Balaban J connectivity index is 1.84. The van der Waals surface area contributed by atoms with Gasteiger partial charge in [0, 0.05) is 37.9 Å². The Kier molecular flexibility index (Phi) is 3.78. The van der Waals surface area contributed by atoms with Gasteiger partial charge in [-0.3, -0.25) is 9.48 Å². The molecule has 1 fully saturated rings. The van der Waals surface area contributed by atoms with Gasteiger partial charge in [0.1, 0.15) is 0 Å². The average Bonchev–Trinajstić information content (AvgIpc) is 2.94. The molecule has 1 aliphatic rings. The Morgan fingerprint density at radius 3 is 3.00 bits per heavy atom. The summed E-state index contributed by atoms with van der Waals surface area (Å²) in [7, 11) is 0. The van der Waals surface area contributed by atoms with Crippen LogP contribution in [0.2, 0.25) is 0 Å². The van der Waals surface area contributed by atoms with Crippen molar-refractivity contribution >= 4 is 5.91 Å². The van der Waals surface area contributed by atoms with E-state index in [4.69, 9.17) is 5.73 Å². The molecule has 5 nitrogen and oxygen atoms in total. The number of nitrogens with zero attached hydrogens (tertiary/aromatic N) is 3. The van der Waals surface area contributed by atoms with Crippen LogP contribution < -0.4 is 5.73 Å². The van der Waals surface area contributed by atoms with E-state index in [9.17, 15) is 4.79 Å². The van der Waals surface area contributed by atoms with Crippen molar-refractivity contribution in [2.45, 2.75) is 32.4 Å². The summed E-state index contributed by atoms with van der Waals surface area (Å²) >= 11 is 0. The highest BCUT2D eigenvalue weighted by Gasteiger charge is 2.30. The van der Waals surface area contributed by atoms with Gasteiger partial charge in [0.2, 0.25) is 5.91 Å². The molecule has 0 bridgehead atoms. The van der Waals surface area contributed by atoms with Gasteiger partial charge < -0.3 is 10.6 Å². The summed E-state index contributed by atoms with van der Waals surface area (Å²) in [6.07, 6.45) is 5.16. The molecule has 2 atom stereocenters. The van der Waals surface area contributed by atoms with Crippen LogP contribution in [0.1, 0.15) is 19.8 Å². The molecule has 2 unspecified atom stereocenters. The number of hydrogen-bond acceptors (Lipinski definition) is 3. The molecule has 2 heterocycles. The fraction of sp³-hybridized carbons (Fsp3) is 0.667. The predicted octanol–water partition coefficient (Wildman–Crippen LogP) is 0.469. The number of rotatable bonds is 4. The molecule has 1 amide bonds. The number of carbonyl (C=O) groups is 1. The third-order valence-corrected chi connectivity index (χ3v) is 3.43. The Labute approximate surface area is 102 Å². The fourth-order valence-corrected chi connectivity index (χ4v) is 2.45. The van der Waals surface area contributed by atoms with Crippen molar-refractivity contribution in [1.82, 2.24) is 14.7 Å². The van der Waals surface area contributed by atoms with Crippen LogP contribution in [0.3, 0.4) is 0 Å². The van der Waals surface area contributed by atoms with Crippen molar-refractivity contribution in [2.24, 2.45) is 11.7 Å². The zero-order chi connectivity index (χ0) is 12.3. The Bertz CT molecular complexity index is 363. The van der Waals surface area contributed by atoms with E-state index in [1.165, 1.54) is 0 Å². The second kappa shape index (κ2) is 5.31. The molecule has 0 radical (unpaired) electrons. The van der Waals surface area contributed by atoms with E-state index < -0.39 is 0 Å².